The van der Waals surface area contributed by atoms with E-state index in [0.717, 1.165) is 12.0 Å². The lowest BCUT2D eigenvalue weighted by Crippen LogP contribution is -2.05. The second-order valence-corrected chi connectivity index (χ2v) is 3.44. The molecule has 3 N–H and O–H groups in total. The molecule has 0 radical (unpaired) electrons. The van der Waals surface area contributed by atoms with Gasteiger partial charge in [-0.05, 0) is 37.1 Å². The van der Waals surface area contributed by atoms with E-state index in [9.17, 15) is 4.79 Å². The summed E-state index contributed by atoms with van der Waals surface area (Å²) in [6.45, 7) is 0.557. The third kappa shape index (κ3) is 2.72. The number of carbonyl (C=O) groups is 1. The number of hydrogen-bond acceptors (Lipinski definition) is 2. The van der Waals surface area contributed by atoms with Gasteiger partial charge in [-0.25, -0.2) is 4.79 Å². The van der Waals surface area contributed by atoms with Crippen LogP contribution in [0.2, 0.25) is 5.02 Å². The predicted octanol–water partition coefficient (Wildman–Crippen LogP) is 1.93. The molecule has 0 fully saturated rings. The predicted molar refractivity (Wildman–Crippen MR) is 55.8 cm³/mol. The van der Waals surface area contributed by atoms with Gasteiger partial charge in [-0.2, -0.15) is 0 Å². The fourth-order valence-corrected chi connectivity index (χ4v) is 1.43. The molecule has 0 saturated heterocycles. The van der Waals surface area contributed by atoms with E-state index < -0.39 is 5.97 Å². The zero-order chi connectivity index (χ0) is 10.6. The van der Waals surface area contributed by atoms with Gasteiger partial charge in [0.2, 0.25) is 0 Å². The highest BCUT2D eigenvalue weighted by Crippen LogP contribution is 2.17. The summed E-state index contributed by atoms with van der Waals surface area (Å²) in [4.78, 5) is 10.8. The summed E-state index contributed by atoms with van der Waals surface area (Å²) in [6.07, 6.45) is 1.46. The first-order valence-corrected chi connectivity index (χ1v) is 4.74. The van der Waals surface area contributed by atoms with Crippen LogP contribution < -0.4 is 5.73 Å². The van der Waals surface area contributed by atoms with E-state index in [4.69, 9.17) is 22.4 Å². The SMILES string of the molecule is NCCCc1ccc(Cl)cc1C(=O)O. The Morgan fingerprint density at radius 3 is 2.79 bits per heavy atom. The Balaban J connectivity index is 2.96. The smallest absolute Gasteiger partial charge is 0.336 e. The number of carboxylic acids is 1. The molecule has 4 heteroatoms. The third-order valence-electron chi connectivity index (χ3n) is 1.95. The molecule has 0 bridgehead atoms. The first-order valence-electron chi connectivity index (χ1n) is 4.37. The molecule has 0 aliphatic heterocycles. The lowest BCUT2D eigenvalue weighted by molar-refractivity contribution is 0.0695. The molecular formula is C10H12ClNO2. The van der Waals surface area contributed by atoms with Gasteiger partial charge >= 0.3 is 5.97 Å². The Labute approximate surface area is 87.5 Å². The van der Waals surface area contributed by atoms with Crippen LogP contribution in [0.4, 0.5) is 0 Å². The van der Waals surface area contributed by atoms with E-state index in [0.29, 0.717) is 18.0 Å². The monoisotopic (exact) mass is 213 g/mol. The van der Waals surface area contributed by atoms with Crippen molar-refractivity contribution in [2.45, 2.75) is 12.8 Å². The molecule has 76 valence electrons. The van der Waals surface area contributed by atoms with E-state index in [1.54, 1.807) is 12.1 Å². The highest BCUT2D eigenvalue weighted by molar-refractivity contribution is 6.30. The average molecular weight is 214 g/mol. The molecular weight excluding hydrogens is 202 g/mol. The van der Waals surface area contributed by atoms with Crippen molar-refractivity contribution in [2.75, 3.05) is 6.54 Å². The van der Waals surface area contributed by atoms with Crippen molar-refractivity contribution in [2.24, 2.45) is 5.73 Å². The van der Waals surface area contributed by atoms with Crippen LogP contribution >= 0.6 is 11.6 Å². The fourth-order valence-electron chi connectivity index (χ4n) is 1.26. The largest absolute Gasteiger partial charge is 0.478 e. The van der Waals surface area contributed by atoms with Gasteiger partial charge in [-0.15, -0.1) is 0 Å². The zero-order valence-electron chi connectivity index (χ0n) is 7.66. The van der Waals surface area contributed by atoms with E-state index in [-0.39, 0.29) is 5.56 Å². The van der Waals surface area contributed by atoms with Crippen molar-refractivity contribution in [1.29, 1.82) is 0 Å². The molecule has 3 nitrogen and oxygen atoms in total. The molecule has 0 amide bonds. The highest BCUT2D eigenvalue weighted by atomic mass is 35.5. The number of benzene rings is 1. The minimum absolute atomic E-state index is 0.269. The number of carboxylic acid groups (broad SMARTS) is 1. The molecule has 0 aliphatic rings. The number of hydrogen-bond donors (Lipinski definition) is 2. The van der Waals surface area contributed by atoms with Gasteiger partial charge in [0.05, 0.1) is 5.56 Å². The standard InChI is InChI=1S/C10H12ClNO2/c11-8-4-3-7(2-1-5-12)9(6-8)10(13)14/h3-4,6H,1-2,5,12H2,(H,13,14). The molecule has 0 unspecified atom stereocenters. The van der Waals surface area contributed by atoms with Gasteiger partial charge in [-0.3, -0.25) is 0 Å². The van der Waals surface area contributed by atoms with Gasteiger partial charge in [0.1, 0.15) is 0 Å². The van der Waals surface area contributed by atoms with Gasteiger partial charge < -0.3 is 10.8 Å². The molecule has 0 atom stereocenters. The van der Waals surface area contributed by atoms with Crippen LogP contribution in [-0.2, 0) is 6.42 Å². The summed E-state index contributed by atoms with van der Waals surface area (Å²) in [5.74, 6) is -0.945. The lowest BCUT2D eigenvalue weighted by Gasteiger charge is -2.05. The van der Waals surface area contributed by atoms with Gasteiger partial charge in [-0.1, -0.05) is 17.7 Å². The number of halogens is 1. The second kappa shape index (κ2) is 4.98. The van der Waals surface area contributed by atoms with Crippen molar-refractivity contribution < 1.29 is 9.90 Å². The van der Waals surface area contributed by atoms with Gasteiger partial charge in [0.25, 0.3) is 0 Å². The Kier molecular flexibility index (Phi) is 3.92. The molecule has 14 heavy (non-hydrogen) atoms. The molecule has 1 aromatic rings. The summed E-state index contributed by atoms with van der Waals surface area (Å²) >= 11 is 5.71. The number of aromatic carboxylic acids is 1. The molecule has 0 aliphatic carbocycles. The van der Waals surface area contributed by atoms with Crippen molar-refractivity contribution in [3.8, 4) is 0 Å². The molecule has 0 saturated carbocycles. The number of nitrogens with two attached hydrogens (primary N) is 1. The van der Waals surface area contributed by atoms with Crippen LogP contribution in [-0.4, -0.2) is 17.6 Å². The second-order valence-electron chi connectivity index (χ2n) is 3.00. The van der Waals surface area contributed by atoms with Crippen LogP contribution in [0.25, 0.3) is 0 Å². The average Bonchev–Trinajstić information content (AvgIpc) is 2.15. The first kappa shape index (κ1) is 11.0. The van der Waals surface area contributed by atoms with Crippen molar-refractivity contribution in [1.82, 2.24) is 0 Å². The highest BCUT2D eigenvalue weighted by Gasteiger charge is 2.09. The van der Waals surface area contributed by atoms with Crippen LogP contribution in [0.1, 0.15) is 22.3 Å². The van der Waals surface area contributed by atoms with E-state index >= 15 is 0 Å². The summed E-state index contributed by atoms with van der Waals surface area (Å²) in [6, 6.07) is 4.90. The first-order chi connectivity index (χ1) is 6.65. The van der Waals surface area contributed by atoms with E-state index in [1.807, 2.05) is 0 Å². The lowest BCUT2D eigenvalue weighted by atomic mass is 10.0. The van der Waals surface area contributed by atoms with Crippen LogP contribution in [0.15, 0.2) is 18.2 Å². The van der Waals surface area contributed by atoms with Crippen molar-refractivity contribution >= 4 is 17.6 Å². The number of aryl methyl sites for hydroxylation is 1. The maximum atomic E-state index is 10.8. The van der Waals surface area contributed by atoms with Crippen molar-refractivity contribution in [3.05, 3.63) is 34.3 Å². The van der Waals surface area contributed by atoms with Crippen molar-refractivity contribution in [3.63, 3.8) is 0 Å². The quantitative estimate of drug-likeness (QED) is 0.804. The van der Waals surface area contributed by atoms with E-state index in [2.05, 4.69) is 0 Å². The summed E-state index contributed by atoms with van der Waals surface area (Å²) < 4.78 is 0. The van der Waals surface area contributed by atoms with Gasteiger partial charge in [0.15, 0.2) is 0 Å². The van der Waals surface area contributed by atoms with Crippen LogP contribution in [0.5, 0.6) is 0 Å². The Bertz CT molecular complexity index is 339. The third-order valence-corrected chi connectivity index (χ3v) is 2.19. The minimum atomic E-state index is -0.945. The normalized spacial score (nSPS) is 10.1. The molecule has 1 aromatic carbocycles. The number of rotatable bonds is 4. The summed E-state index contributed by atoms with van der Waals surface area (Å²) in [5, 5.41) is 9.34. The Morgan fingerprint density at radius 2 is 2.21 bits per heavy atom. The maximum Gasteiger partial charge on any atom is 0.336 e. The van der Waals surface area contributed by atoms with Crippen LogP contribution in [0.3, 0.4) is 0 Å². The zero-order valence-corrected chi connectivity index (χ0v) is 8.42. The summed E-state index contributed by atoms with van der Waals surface area (Å²) in [7, 11) is 0. The maximum absolute atomic E-state index is 10.8. The van der Waals surface area contributed by atoms with Gasteiger partial charge in [0, 0.05) is 5.02 Å². The minimum Gasteiger partial charge on any atom is -0.478 e. The molecule has 0 spiro atoms. The molecule has 0 heterocycles. The molecule has 1 rings (SSSR count). The molecule has 0 aromatic heterocycles. The van der Waals surface area contributed by atoms with E-state index in [1.165, 1.54) is 6.07 Å². The summed E-state index contributed by atoms with van der Waals surface area (Å²) in [5.41, 5.74) is 6.41. The Morgan fingerprint density at radius 1 is 1.50 bits per heavy atom. The fraction of sp³-hybridized carbons (Fsp3) is 0.300. The topological polar surface area (TPSA) is 63.3 Å². The Hall–Kier alpha value is -1.06. The van der Waals surface area contributed by atoms with Crippen LogP contribution in [0, 0.1) is 0 Å².